The van der Waals surface area contributed by atoms with E-state index in [2.05, 4.69) is 9.97 Å². The van der Waals surface area contributed by atoms with Gasteiger partial charge in [-0.2, -0.15) is 0 Å². The summed E-state index contributed by atoms with van der Waals surface area (Å²) < 4.78 is 17.1. The standard InChI is InChI=1S/C24H27N3O4/c1-16-25-20-9-5-7-18(22(20)30-16)15-29-21-10-6-8-19(26-21)17-11-13-27(14-12-17)23(28)31-24(2,3)4/h5-11H,12-15H2,1-4H3. The summed E-state index contributed by atoms with van der Waals surface area (Å²) in [4.78, 5) is 23.0. The largest absolute Gasteiger partial charge is 0.473 e. The zero-order valence-electron chi connectivity index (χ0n) is 18.3. The molecule has 0 fully saturated rings. The number of amides is 1. The van der Waals surface area contributed by atoms with E-state index in [-0.39, 0.29) is 6.09 Å². The van der Waals surface area contributed by atoms with E-state index in [0.29, 0.717) is 37.9 Å². The second kappa shape index (κ2) is 8.41. The molecule has 31 heavy (non-hydrogen) atoms. The average Bonchev–Trinajstić information content (AvgIpc) is 3.12. The summed E-state index contributed by atoms with van der Waals surface area (Å²) in [6.07, 6.45) is 2.45. The minimum absolute atomic E-state index is 0.287. The second-order valence-electron chi connectivity index (χ2n) is 8.55. The van der Waals surface area contributed by atoms with Crippen molar-refractivity contribution >= 4 is 22.8 Å². The predicted octanol–water partition coefficient (Wildman–Crippen LogP) is 5.13. The van der Waals surface area contributed by atoms with Gasteiger partial charge < -0.3 is 18.8 Å². The molecule has 1 amide bonds. The maximum atomic E-state index is 12.3. The molecular formula is C24H27N3O4. The number of carbonyl (C=O) groups is 1. The molecule has 0 unspecified atom stereocenters. The van der Waals surface area contributed by atoms with Crippen LogP contribution in [0.2, 0.25) is 0 Å². The van der Waals surface area contributed by atoms with Crippen molar-refractivity contribution in [2.24, 2.45) is 0 Å². The number of aryl methyl sites for hydroxylation is 1. The number of carbonyl (C=O) groups excluding carboxylic acids is 1. The van der Waals surface area contributed by atoms with Gasteiger partial charge >= 0.3 is 6.09 Å². The van der Waals surface area contributed by atoms with E-state index >= 15 is 0 Å². The van der Waals surface area contributed by atoms with Gasteiger partial charge in [0.05, 0.1) is 5.69 Å². The van der Waals surface area contributed by atoms with Crippen LogP contribution in [0.3, 0.4) is 0 Å². The van der Waals surface area contributed by atoms with Crippen molar-refractivity contribution in [2.45, 2.75) is 46.3 Å². The lowest BCUT2D eigenvalue weighted by molar-refractivity contribution is 0.0270. The normalized spacial score (nSPS) is 14.5. The highest BCUT2D eigenvalue weighted by Gasteiger charge is 2.24. The van der Waals surface area contributed by atoms with Gasteiger partial charge in [0.1, 0.15) is 17.7 Å². The molecule has 4 rings (SSSR count). The summed E-state index contributed by atoms with van der Waals surface area (Å²) >= 11 is 0. The fourth-order valence-electron chi connectivity index (χ4n) is 3.45. The fourth-order valence-corrected chi connectivity index (χ4v) is 3.45. The smallest absolute Gasteiger partial charge is 0.410 e. The Morgan fingerprint density at radius 3 is 2.71 bits per heavy atom. The number of hydrogen-bond acceptors (Lipinski definition) is 6. The number of hydrogen-bond donors (Lipinski definition) is 0. The third-order valence-electron chi connectivity index (χ3n) is 4.89. The molecule has 162 valence electrons. The van der Waals surface area contributed by atoms with Crippen molar-refractivity contribution < 1.29 is 18.7 Å². The summed E-state index contributed by atoms with van der Waals surface area (Å²) in [5, 5.41) is 0. The van der Waals surface area contributed by atoms with Gasteiger partial charge in [-0.3, -0.25) is 0 Å². The third kappa shape index (κ3) is 5.05. The summed E-state index contributed by atoms with van der Waals surface area (Å²) in [5.74, 6) is 1.17. The van der Waals surface area contributed by atoms with Crippen LogP contribution in [0.4, 0.5) is 4.79 Å². The highest BCUT2D eigenvalue weighted by molar-refractivity contribution is 5.76. The molecule has 0 N–H and O–H groups in total. The molecule has 1 aliphatic heterocycles. The molecule has 1 aliphatic rings. The Hall–Kier alpha value is -3.35. The van der Waals surface area contributed by atoms with Gasteiger partial charge in [-0.1, -0.05) is 24.3 Å². The van der Waals surface area contributed by atoms with Crippen LogP contribution in [0.5, 0.6) is 5.88 Å². The Kier molecular flexibility index (Phi) is 5.67. The fraction of sp³-hybridized carbons (Fsp3) is 0.375. The molecule has 0 saturated heterocycles. The molecular weight excluding hydrogens is 394 g/mol. The molecule has 0 radical (unpaired) electrons. The monoisotopic (exact) mass is 421 g/mol. The van der Waals surface area contributed by atoms with E-state index < -0.39 is 5.60 Å². The summed E-state index contributed by atoms with van der Waals surface area (Å²) in [6, 6.07) is 11.6. The number of oxazole rings is 1. The Morgan fingerprint density at radius 2 is 1.97 bits per heavy atom. The van der Waals surface area contributed by atoms with E-state index in [1.165, 1.54) is 0 Å². The molecule has 0 aliphatic carbocycles. The Bertz CT molecular complexity index is 1130. The molecule has 2 aromatic heterocycles. The maximum absolute atomic E-state index is 12.3. The molecule has 0 saturated carbocycles. The third-order valence-corrected chi connectivity index (χ3v) is 4.89. The van der Waals surface area contributed by atoms with Crippen LogP contribution < -0.4 is 4.74 Å². The molecule has 0 bridgehead atoms. The van der Waals surface area contributed by atoms with Gasteiger partial charge in [0.25, 0.3) is 0 Å². The number of ether oxygens (including phenoxy) is 2. The molecule has 3 heterocycles. The highest BCUT2D eigenvalue weighted by Crippen LogP contribution is 2.25. The van der Waals surface area contributed by atoms with Crippen molar-refractivity contribution in [1.82, 2.24) is 14.9 Å². The second-order valence-corrected chi connectivity index (χ2v) is 8.55. The van der Waals surface area contributed by atoms with E-state index in [1.54, 1.807) is 4.90 Å². The lowest BCUT2D eigenvalue weighted by Gasteiger charge is -2.29. The van der Waals surface area contributed by atoms with Crippen LogP contribution in [-0.4, -0.2) is 39.7 Å². The number of benzene rings is 1. The maximum Gasteiger partial charge on any atom is 0.410 e. The molecule has 0 atom stereocenters. The van der Waals surface area contributed by atoms with Crippen LogP contribution in [0.25, 0.3) is 16.7 Å². The Labute approximate surface area is 181 Å². The van der Waals surface area contributed by atoms with E-state index in [0.717, 1.165) is 27.9 Å². The summed E-state index contributed by atoms with van der Waals surface area (Å²) in [5.41, 5.74) is 3.95. The van der Waals surface area contributed by atoms with Crippen molar-refractivity contribution in [3.05, 3.63) is 59.6 Å². The van der Waals surface area contributed by atoms with Gasteiger partial charge in [-0.05, 0) is 44.9 Å². The van der Waals surface area contributed by atoms with E-state index in [9.17, 15) is 4.79 Å². The first-order chi connectivity index (χ1) is 14.8. The minimum Gasteiger partial charge on any atom is -0.473 e. The number of para-hydroxylation sites is 1. The van der Waals surface area contributed by atoms with Gasteiger partial charge in [-0.25, -0.2) is 14.8 Å². The number of pyridine rings is 1. The van der Waals surface area contributed by atoms with Gasteiger partial charge in [0, 0.05) is 31.6 Å². The number of rotatable bonds is 4. The molecule has 7 nitrogen and oxygen atoms in total. The van der Waals surface area contributed by atoms with Crippen LogP contribution in [-0.2, 0) is 11.3 Å². The Morgan fingerprint density at radius 1 is 1.16 bits per heavy atom. The zero-order chi connectivity index (χ0) is 22.0. The zero-order valence-corrected chi connectivity index (χ0v) is 18.3. The van der Waals surface area contributed by atoms with E-state index in [4.69, 9.17) is 13.9 Å². The van der Waals surface area contributed by atoms with Crippen molar-refractivity contribution in [1.29, 1.82) is 0 Å². The van der Waals surface area contributed by atoms with Crippen molar-refractivity contribution in [3.63, 3.8) is 0 Å². The average molecular weight is 421 g/mol. The van der Waals surface area contributed by atoms with Crippen LogP contribution in [0.1, 0.15) is 44.3 Å². The number of fused-ring (bicyclic) bond motifs is 1. The molecule has 0 spiro atoms. The first-order valence-corrected chi connectivity index (χ1v) is 10.4. The quantitative estimate of drug-likeness (QED) is 0.581. The number of aromatic nitrogens is 2. The topological polar surface area (TPSA) is 77.7 Å². The van der Waals surface area contributed by atoms with Crippen molar-refractivity contribution in [2.75, 3.05) is 13.1 Å². The lowest BCUT2D eigenvalue weighted by Crippen LogP contribution is -2.39. The molecule has 3 aromatic rings. The summed E-state index contributed by atoms with van der Waals surface area (Å²) in [6.45, 7) is 8.89. The minimum atomic E-state index is -0.497. The van der Waals surface area contributed by atoms with Crippen LogP contribution >= 0.6 is 0 Å². The van der Waals surface area contributed by atoms with Crippen LogP contribution in [0.15, 0.2) is 46.9 Å². The van der Waals surface area contributed by atoms with Crippen LogP contribution in [0, 0.1) is 6.92 Å². The van der Waals surface area contributed by atoms with Crippen molar-refractivity contribution in [3.8, 4) is 5.88 Å². The highest BCUT2D eigenvalue weighted by atomic mass is 16.6. The first kappa shape index (κ1) is 20.9. The number of nitrogens with zero attached hydrogens (tertiary/aromatic N) is 3. The molecule has 7 heteroatoms. The Balaban J connectivity index is 1.42. The van der Waals surface area contributed by atoms with Gasteiger partial charge in [0.2, 0.25) is 5.88 Å². The SMILES string of the molecule is Cc1nc2cccc(COc3cccc(C4=CCN(C(=O)OC(C)(C)C)CC4)n3)c2o1. The molecule has 1 aromatic carbocycles. The van der Waals surface area contributed by atoms with Gasteiger partial charge in [0.15, 0.2) is 11.5 Å². The summed E-state index contributed by atoms with van der Waals surface area (Å²) in [7, 11) is 0. The van der Waals surface area contributed by atoms with E-state index in [1.807, 2.05) is 70.2 Å². The lowest BCUT2D eigenvalue weighted by atomic mass is 10.0. The predicted molar refractivity (Wildman–Crippen MR) is 118 cm³/mol. The van der Waals surface area contributed by atoms with Gasteiger partial charge in [-0.15, -0.1) is 0 Å². The first-order valence-electron chi connectivity index (χ1n) is 10.4.